The van der Waals surface area contributed by atoms with E-state index in [0.29, 0.717) is 43.5 Å². The summed E-state index contributed by atoms with van der Waals surface area (Å²) in [5.41, 5.74) is -1.03. The Bertz CT molecular complexity index is 879. The molecular formula is C23H32F3N3O3. The normalized spacial score (nSPS) is 23.8. The van der Waals surface area contributed by atoms with Crippen LogP contribution in [0.25, 0.3) is 0 Å². The SMILES string of the molecule is CC(C)[C@]1(C(=O)N2CCc3ncc(C(F)(F)F)cc3C2)CCC(NC(=O)OC(C)(C)C)C1. The summed E-state index contributed by atoms with van der Waals surface area (Å²) >= 11 is 0. The zero-order valence-corrected chi connectivity index (χ0v) is 19.3. The van der Waals surface area contributed by atoms with Crippen molar-refractivity contribution in [3.05, 3.63) is 29.1 Å². The van der Waals surface area contributed by atoms with Crippen molar-refractivity contribution in [2.24, 2.45) is 11.3 Å². The lowest BCUT2D eigenvalue weighted by atomic mass is 9.74. The van der Waals surface area contributed by atoms with E-state index >= 15 is 0 Å². The predicted molar refractivity (Wildman–Crippen MR) is 113 cm³/mol. The molecule has 1 N–H and O–H groups in total. The fraction of sp³-hybridized carbons (Fsp3) is 0.696. The minimum atomic E-state index is -4.47. The first-order chi connectivity index (χ1) is 14.7. The molecule has 1 unspecified atom stereocenters. The van der Waals surface area contributed by atoms with Crippen molar-refractivity contribution >= 4 is 12.0 Å². The number of nitrogens with one attached hydrogen (secondary N) is 1. The number of ether oxygens (including phenoxy) is 1. The summed E-state index contributed by atoms with van der Waals surface area (Å²) in [7, 11) is 0. The minimum absolute atomic E-state index is 0.0152. The smallest absolute Gasteiger partial charge is 0.417 e. The Labute approximate surface area is 186 Å². The van der Waals surface area contributed by atoms with Gasteiger partial charge in [0.1, 0.15) is 5.60 Å². The van der Waals surface area contributed by atoms with Gasteiger partial charge in [-0.15, -0.1) is 0 Å². The van der Waals surface area contributed by atoms with E-state index in [1.807, 2.05) is 13.8 Å². The van der Waals surface area contributed by atoms with Gasteiger partial charge in [-0.3, -0.25) is 9.78 Å². The number of alkyl carbamates (subject to hydrolysis) is 1. The summed E-state index contributed by atoms with van der Waals surface area (Å²) in [6.45, 7) is 9.86. The van der Waals surface area contributed by atoms with Gasteiger partial charge in [0.15, 0.2) is 0 Å². The molecule has 2 heterocycles. The molecule has 0 bridgehead atoms. The number of alkyl halides is 3. The van der Waals surface area contributed by atoms with Gasteiger partial charge in [-0.25, -0.2) is 4.79 Å². The van der Waals surface area contributed by atoms with Crippen LogP contribution in [0.5, 0.6) is 0 Å². The monoisotopic (exact) mass is 455 g/mol. The largest absolute Gasteiger partial charge is 0.444 e. The molecule has 1 aliphatic carbocycles. The van der Waals surface area contributed by atoms with Crippen molar-refractivity contribution in [2.45, 2.75) is 84.7 Å². The number of aromatic nitrogens is 1. The van der Waals surface area contributed by atoms with E-state index in [9.17, 15) is 22.8 Å². The van der Waals surface area contributed by atoms with E-state index in [0.717, 1.165) is 12.3 Å². The van der Waals surface area contributed by atoms with Crippen molar-refractivity contribution in [3.8, 4) is 0 Å². The molecule has 2 atom stereocenters. The Hall–Kier alpha value is -2.32. The van der Waals surface area contributed by atoms with Crippen molar-refractivity contribution in [3.63, 3.8) is 0 Å². The molecular weight excluding hydrogens is 423 g/mol. The fourth-order valence-corrected chi connectivity index (χ4v) is 4.71. The first-order valence-electron chi connectivity index (χ1n) is 11.1. The number of rotatable bonds is 3. The number of fused-ring (bicyclic) bond motifs is 1. The predicted octanol–water partition coefficient (Wildman–Crippen LogP) is 4.70. The van der Waals surface area contributed by atoms with E-state index in [4.69, 9.17) is 4.74 Å². The highest BCUT2D eigenvalue weighted by Gasteiger charge is 2.50. The van der Waals surface area contributed by atoms with Crippen LogP contribution in [-0.4, -0.2) is 40.1 Å². The van der Waals surface area contributed by atoms with Crippen LogP contribution in [-0.2, 0) is 28.7 Å². The first-order valence-corrected chi connectivity index (χ1v) is 11.1. The number of hydrogen-bond donors (Lipinski definition) is 1. The topological polar surface area (TPSA) is 71.5 Å². The zero-order valence-electron chi connectivity index (χ0n) is 19.3. The van der Waals surface area contributed by atoms with E-state index in [2.05, 4.69) is 10.3 Å². The number of carbonyl (C=O) groups excluding carboxylic acids is 2. The molecule has 2 aliphatic rings. The summed E-state index contributed by atoms with van der Waals surface area (Å²) in [5.74, 6) is -0.0504. The zero-order chi connectivity index (χ0) is 23.9. The van der Waals surface area contributed by atoms with E-state index < -0.39 is 28.8 Å². The quantitative estimate of drug-likeness (QED) is 0.717. The van der Waals surface area contributed by atoms with E-state index in [-0.39, 0.29) is 24.4 Å². The Morgan fingerprint density at radius 1 is 1.28 bits per heavy atom. The highest BCUT2D eigenvalue weighted by atomic mass is 19.4. The number of hydrogen-bond acceptors (Lipinski definition) is 4. The first kappa shape index (κ1) is 24.3. The standard InChI is InChI=1S/C23H32F3N3O3/c1-14(2)22(8-6-17(11-22)28-20(31)32-21(3,4)5)19(30)29-9-7-18-15(13-29)10-16(12-27-18)23(24,25)26/h10,12,14,17H,6-9,11,13H2,1-5H3,(H,28,31)/t17?,22-/m0/s1. The van der Waals surface area contributed by atoms with Crippen LogP contribution in [0.4, 0.5) is 18.0 Å². The molecule has 178 valence electrons. The third-order valence-corrected chi connectivity index (χ3v) is 6.46. The molecule has 0 radical (unpaired) electrons. The van der Waals surface area contributed by atoms with Crippen LogP contribution in [0, 0.1) is 11.3 Å². The molecule has 1 aromatic rings. The van der Waals surface area contributed by atoms with Crippen molar-refractivity contribution in [2.75, 3.05) is 6.54 Å². The summed E-state index contributed by atoms with van der Waals surface area (Å²) in [4.78, 5) is 31.5. The Kier molecular flexibility index (Phi) is 6.50. The summed E-state index contributed by atoms with van der Waals surface area (Å²) in [6, 6.07) is 0.914. The minimum Gasteiger partial charge on any atom is -0.444 e. The lowest BCUT2D eigenvalue weighted by Gasteiger charge is -2.39. The molecule has 1 aliphatic heterocycles. The van der Waals surface area contributed by atoms with E-state index in [1.54, 1.807) is 25.7 Å². The second-order valence-corrected chi connectivity index (χ2v) is 10.2. The molecule has 32 heavy (non-hydrogen) atoms. The van der Waals surface area contributed by atoms with Crippen LogP contribution < -0.4 is 5.32 Å². The van der Waals surface area contributed by atoms with Crippen molar-refractivity contribution < 1.29 is 27.5 Å². The molecule has 0 saturated heterocycles. The molecule has 1 aromatic heterocycles. The number of halogens is 3. The Morgan fingerprint density at radius 2 is 1.97 bits per heavy atom. The van der Waals surface area contributed by atoms with Gasteiger partial charge in [0.05, 0.1) is 11.0 Å². The second kappa shape index (κ2) is 8.56. The van der Waals surface area contributed by atoms with E-state index in [1.165, 1.54) is 0 Å². The molecule has 1 saturated carbocycles. The van der Waals surface area contributed by atoms with Gasteiger partial charge in [-0.2, -0.15) is 13.2 Å². The molecule has 3 rings (SSSR count). The van der Waals surface area contributed by atoms with Gasteiger partial charge in [0, 0.05) is 37.4 Å². The average Bonchev–Trinajstić information content (AvgIpc) is 3.09. The summed E-state index contributed by atoms with van der Waals surface area (Å²) in [6.07, 6.45) is -1.97. The molecule has 9 heteroatoms. The molecule has 0 aromatic carbocycles. The van der Waals surface area contributed by atoms with Gasteiger partial charge >= 0.3 is 12.3 Å². The number of pyridine rings is 1. The molecule has 0 spiro atoms. The summed E-state index contributed by atoms with van der Waals surface area (Å²) < 4.78 is 44.7. The highest BCUT2D eigenvalue weighted by Crippen LogP contribution is 2.46. The van der Waals surface area contributed by atoms with Crippen LogP contribution >= 0.6 is 0 Å². The highest BCUT2D eigenvalue weighted by molar-refractivity contribution is 5.84. The Morgan fingerprint density at radius 3 is 2.56 bits per heavy atom. The fourth-order valence-electron chi connectivity index (χ4n) is 4.71. The Balaban J connectivity index is 1.74. The van der Waals surface area contributed by atoms with Gasteiger partial charge in [0.25, 0.3) is 0 Å². The van der Waals surface area contributed by atoms with Gasteiger partial charge < -0.3 is 15.0 Å². The average molecular weight is 456 g/mol. The van der Waals surface area contributed by atoms with Gasteiger partial charge in [-0.05, 0) is 57.6 Å². The van der Waals surface area contributed by atoms with Crippen molar-refractivity contribution in [1.29, 1.82) is 0 Å². The summed E-state index contributed by atoms with van der Waals surface area (Å²) in [5, 5.41) is 2.88. The number of nitrogens with zero attached hydrogens (tertiary/aromatic N) is 2. The van der Waals surface area contributed by atoms with Gasteiger partial charge in [-0.1, -0.05) is 13.8 Å². The van der Waals surface area contributed by atoms with Crippen LogP contribution in [0.3, 0.4) is 0 Å². The van der Waals surface area contributed by atoms with Gasteiger partial charge in [0.2, 0.25) is 5.91 Å². The number of amides is 2. The van der Waals surface area contributed by atoms with Crippen molar-refractivity contribution in [1.82, 2.24) is 15.2 Å². The lowest BCUT2D eigenvalue weighted by Crippen LogP contribution is -2.48. The van der Waals surface area contributed by atoms with Crippen LogP contribution in [0.1, 0.15) is 70.7 Å². The maximum Gasteiger partial charge on any atom is 0.417 e. The third kappa shape index (κ3) is 5.18. The molecule has 1 fully saturated rings. The lowest BCUT2D eigenvalue weighted by molar-refractivity contribution is -0.146. The van der Waals surface area contributed by atoms with Crippen LogP contribution in [0.15, 0.2) is 12.3 Å². The number of carbonyl (C=O) groups is 2. The van der Waals surface area contributed by atoms with Crippen LogP contribution in [0.2, 0.25) is 0 Å². The second-order valence-electron chi connectivity index (χ2n) is 10.2. The molecule has 6 nitrogen and oxygen atoms in total. The molecule has 2 amide bonds. The maximum atomic E-state index is 13.7. The third-order valence-electron chi connectivity index (χ3n) is 6.46. The maximum absolute atomic E-state index is 13.7.